The van der Waals surface area contributed by atoms with Crippen LogP contribution in [0.25, 0.3) is 0 Å². The van der Waals surface area contributed by atoms with Crippen LogP contribution in [0.4, 0.5) is 5.69 Å². The van der Waals surface area contributed by atoms with Crippen molar-refractivity contribution in [3.63, 3.8) is 0 Å². The SMILES string of the molecule is Cc1ccncc1NC(=O)[C@H](C)N=C1NS(=O)(=O)c2ccccc21. The van der Waals surface area contributed by atoms with Crippen molar-refractivity contribution in [3.8, 4) is 0 Å². The van der Waals surface area contributed by atoms with Crippen molar-refractivity contribution in [2.24, 2.45) is 4.99 Å². The summed E-state index contributed by atoms with van der Waals surface area (Å²) in [7, 11) is -3.61. The quantitative estimate of drug-likeness (QED) is 0.880. The zero-order chi connectivity index (χ0) is 17.3. The number of carbonyl (C=O) groups excluding carboxylic acids is 1. The lowest BCUT2D eigenvalue weighted by atomic mass is 10.2. The molecule has 24 heavy (non-hydrogen) atoms. The summed E-state index contributed by atoms with van der Waals surface area (Å²) in [5, 5.41) is 2.74. The third-order valence-corrected chi connectivity index (χ3v) is 5.06. The van der Waals surface area contributed by atoms with Crippen LogP contribution in [0.5, 0.6) is 0 Å². The lowest BCUT2D eigenvalue weighted by Gasteiger charge is -2.11. The van der Waals surface area contributed by atoms with Crippen molar-refractivity contribution in [3.05, 3.63) is 53.9 Å². The predicted molar refractivity (Wildman–Crippen MR) is 90.4 cm³/mol. The van der Waals surface area contributed by atoms with Crippen LogP contribution in [0.15, 0.2) is 52.6 Å². The Balaban J connectivity index is 1.84. The number of nitrogens with zero attached hydrogens (tertiary/aromatic N) is 2. The van der Waals surface area contributed by atoms with E-state index in [4.69, 9.17) is 0 Å². The van der Waals surface area contributed by atoms with Gasteiger partial charge >= 0.3 is 0 Å². The first-order valence-corrected chi connectivity index (χ1v) is 8.78. The van der Waals surface area contributed by atoms with Crippen molar-refractivity contribution in [2.75, 3.05) is 5.32 Å². The topological polar surface area (TPSA) is 101 Å². The molecule has 7 nitrogen and oxygen atoms in total. The average molecular weight is 344 g/mol. The summed E-state index contributed by atoms with van der Waals surface area (Å²) < 4.78 is 26.5. The Kier molecular flexibility index (Phi) is 4.06. The maximum absolute atomic E-state index is 12.3. The van der Waals surface area contributed by atoms with Gasteiger partial charge in [0.2, 0.25) is 5.91 Å². The molecule has 1 aromatic carbocycles. The Morgan fingerprint density at radius 2 is 2.04 bits per heavy atom. The van der Waals surface area contributed by atoms with Crippen molar-refractivity contribution in [1.82, 2.24) is 9.71 Å². The highest BCUT2D eigenvalue weighted by molar-refractivity contribution is 7.90. The van der Waals surface area contributed by atoms with Gasteiger partial charge in [-0.1, -0.05) is 12.1 Å². The number of carbonyl (C=O) groups is 1. The fourth-order valence-corrected chi connectivity index (χ4v) is 3.55. The van der Waals surface area contributed by atoms with Crippen LogP contribution in [-0.2, 0) is 14.8 Å². The van der Waals surface area contributed by atoms with E-state index in [1.807, 2.05) is 6.92 Å². The van der Waals surface area contributed by atoms with Gasteiger partial charge in [-0.15, -0.1) is 0 Å². The number of amidine groups is 1. The number of rotatable bonds is 3. The van der Waals surface area contributed by atoms with Crippen LogP contribution >= 0.6 is 0 Å². The molecule has 8 heteroatoms. The summed E-state index contributed by atoms with van der Waals surface area (Å²) >= 11 is 0. The third kappa shape index (κ3) is 3.00. The van der Waals surface area contributed by atoms with Gasteiger partial charge in [-0.3, -0.25) is 19.5 Å². The molecule has 2 aromatic rings. The molecule has 0 unspecified atom stereocenters. The first kappa shape index (κ1) is 16.1. The Bertz CT molecular complexity index is 938. The minimum absolute atomic E-state index is 0.166. The molecule has 0 radical (unpaired) electrons. The number of sulfonamides is 1. The molecule has 1 aliphatic rings. The van der Waals surface area contributed by atoms with Crippen LogP contribution in [0.2, 0.25) is 0 Å². The molecule has 1 aliphatic heterocycles. The molecule has 124 valence electrons. The van der Waals surface area contributed by atoms with E-state index in [1.165, 1.54) is 6.07 Å². The summed E-state index contributed by atoms with van der Waals surface area (Å²) in [5.41, 5.74) is 1.95. The normalized spacial score (nSPS) is 17.8. The van der Waals surface area contributed by atoms with E-state index in [1.54, 1.807) is 43.6 Å². The number of fused-ring (bicyclic) bond motifs is 1. The molecule has 1 aromatic heterocycles. The van der Waals surface area contributed by atoms with Gasteiger partial charge in [0, 0.05) is 11.8 Å². The summed E-state index contributed by atoms with van der Waals surface area (Å²) in [4.78, 5) is 20.7. The standard InChI is InChI=1S/C16H16N4O3S/c1-10-7-8-17-9-13(10)19-16(21)11(2)18-15-12-5-3-4-6-14(12)24(22,23)20-15/h3-9,11H,1-2H3,(H,18,20)(H,19,21)/t11-/m0/s1. The Hall–Kier alpha value is -2.74. The molecular weight excluding hydrogens is 328 g/mol. The zero-order valence-electron chi connectivity index (χ0n) is 13.1. The summed E-state index contributed by atoms with van der Waals surface area (Å²) in [6.07, 6.45) is 3.19. The fraction of sp³-hybridized carbons (Fsp3) is 0.188. The molecular formula is C16H16N4O3S. The first-order chi connectivity index (χ1) is 11.4. The molecule has 0 bridgehead atoms. The number of nitrogens with one attached hydrogen (secondary N) is 2. The minimum atomic E-state index is -3.61. The van der Waals surface area contributed by atoms with Gasteiger partial charge in [0.1, 0.15) is 11.9 Å². The van der Waals surface area contributed by atoms with E-state index in [2.05, 4.69) is 20.0 Å². The number of aromatic nitrogens is 1. The van der Waals surface area contributed by atoms with E-state index < -0.39 is 16.1 Å². The second-order valence-electron chi connectivity index (χ2n) is 5.44. The number of aliphatic imine (C=N–C) groups is 1. The Labute approximate surface area is 139 Å². The van der Waals surface area contributed by atoms with E-state index in [-0.39, 0.29) is 16.6 Å². The Morgan fingerprint density at radius 3 is 2.79 bits per heavy atom. The lowest BCUT2D eigenvalue weighted by Crippen LogP contribution is -2.29. The molecule has 2 heterocycles. The lowest BCUT2D eigenvalue weighted by molar-refractivity contribution is -0.117. The molecule has 0 aliphatic carbocycles. The smallest absolute Gasteiger partial charge is 0.263 e. The second kappa shape index (κ2) is 6.04. The maximum Gasteiger partial charge on any atom is 0.263 e. The minimum Gasteiger partial charge on any atom is -0.323 e. The highest BCUT2D eigenvalue weighted by atomic mass is 32.2. The van der Waals surface area contributed by atoms with Crippen molar-refractivity contribution in [2.45, 2.75) is 24.8 Å². The zero-order valence-corrected chi connectivity index (χ0v) is 14.0. The van der Waals surface area contributed by atoms with Gasteiger partial charge < -0.3 is 5.32 Å². The molecule has 0 spiro atoms. The second-order valence-corrected chi connectivity index (χ2v) is 7.09. The van der Waals surface area contributed by atoms with Crippen molar-refractivity contribution < 1.29 is 13.2 Å². The van der Waals surface area contributed by atoms with Crippen molar-refractivity contribution >= 4 is 27.5 Å². The highest BCUT2D eigenvalue weighted by Gasteiger charge is 2.31. The first-order valence-electron chi connectivity index (χ1n) is 7.30. The van der Waals surface area contributed by atoms with Gasteiger partial charge in [-0.2, -0.15) is 0 Å². The van der Waals surface area contributed by atoms with Crippen LogP contribution in [0.3, 0.4) is 0 Å². The Morgan fingerprint density at radius 1 is 1.29 bits per heavy atom. The predicted octanol–water partition coefficient (Wildman–Crippen LogP) is 1.46. The van der Waals surface area contributed by atoms with Gasteiger partial charge in [0.05, 0.1) is 16.8 Å². The van der Waals surface area contributed by atoms with E-state index in [0.717, 1.165) is 5.56 Å². The maximum atomic E-state index is 12.3. The molecule has 1 atom stereocenters. The molecule has 1 amide bonds. The number of amides is 1. The third-order valence-electron chi connectivity index (χ3n) is 3.66. The van der Waals surface area contributed by atoms with Crippen LogP contribution in [-0.4, -0.2) is 31.2 Å². The number of pyridine rings is 1. The number of hydrogen-bond donors (Lipinski definition) is 2. The average Bonchev–Trinajstić information content (AvgIpc) is 2.81. The molecule has 3 rings (SSSR count). The number of anilines is 1. The van der Waals surface area contributed by atoms with Gasteiger partial charge in [-0.25, -0.2) is 8.42 Å². The summed E-state index contributed by atoms with van der Waals surface area (Å²) in [6, 6.07) is 7.54. The van der Waals surface area contributed by atoms with Gasteiger partial charge in [-0.05, 0) is 37.6 Å². The van der Waals surface area contributed by atoms with E-state index in [0.29, 0.717) is 11.3 Å². The van der Waals surface area contributed by atoms with Gasteiger partial charge in [0.25, 0.3) is 10.0 Å². The van der Waals surface area contributed by atoms with Crippen LogP contribution in [0, 0.1) is 6.92 Å². The van der Waals surface area contributed by atoms with Crippen molar-refractivity contribution in [1.29, 1.82) is 0 Å². The van der Waals surface area contributed by atoms with Gasteiger partial charge in [0.15, 0.2) is 0 Å². The fourth-order valence-electron chi connectivity index (χ4n) is 2.31. The molecule has 2 N–H and O–H groups in total. The summed E-state index contributed by atoms with van der Waals surface area (Å²) in [5.74, 6) is -0.168. The van der Waals surface area contributed by atoms with Crippen LogP contribution < -0.4 is 10.0 Å². The molecule has 0 fully saturated rings. The number of hydrogen-bond acceptors (Lipinski definition) is 5. The van der Waals surface area contributed by atoms with Crippen LogP contribution in [0.1, 0.15) is 18.1 Å². The van der Waals surface area contributed by atoms with E-state index >= 15 is 0 Å². The van der Waals surface area contributed by atoms with E-state index in [9.17, 15) is 13.2 Å². The summed E-state index contributed by atoms with van der Waals surface area (Å²) in [6.45, 7) is 3.46. The molecule has 0 saturated carbocycles. The molecule has 0 saturated heterocycles. The monoisotopic (exact) mass is 344 g/mol. The largest absolute Gasteiger partial charge is 0.323 e. The number of benzene rings is 1. The number of aryl methyl sites for hydroxylation is 1. The highest BCUT2D eigenvalue weighted by Crippen LogP contribution is 2.22.